The maximum absolute atomic E-state index is 13.5. The number of halogens is 1. The predicted octanol–water partition coefficient (Wildman–Crippen LogP) is 5.79. The zero-order valence-electron chi connectivity index (χ0n) is 22.2. The lowest BCUT2D eigenvalue weighted by molar-refractivity contribution is -0.123. The molecule has 40 heavy (non-hydrogen) atoms. The normalized spacial score (nSPS) is 24.8. The lowest BCUT2D eigenvalue weighted by atomic mass is 9.73. The second kappa shape index (κ2) is 10.3. The van der Waals surface area contributed by atoms with Crippen LogP contribution >= 0.6 is 15.9 Å². The Morgan fingerprint density at radius 1 is 0.925 bits per heavy atom. The summed E-state index contributed by atoms with van der Waals surface area (Å²) in [7, 11) is 0. The molecule has 2 bridgehead atoms. The van der Waals surface area contributed by atoms with E-state index in [2.05, 4.69) is 33.4 Å². The van der Waals surface area contributed by atoms with Crippen LogP contribution in [0.15, 0.2) is 71.2 Å². The number of esters is 1. The molecular weight excluding hydrogens is 572 g/mol. The predicted molar refractivity (Wildman–Crippen MR) is 154 cm³/mol. The Morgan fingerprint density at radius 3 is 2.25 bits per heavy atom. The van der Waals surface area contributed by atoms with Gasteiger partial charge < -0.3 is 10.1 Å². The van der Waals surface area contributed by atoms with Crippen molar-refractivity contribution >= 4 is 51.0 Å². The molecule has 1 saturated heterocycles. The third-order valence-electron chi connectivity index (χ3n) is 8.66. The van der Waals surface area contributed by atoms with Crippen LogP contribution in [-0.2, 0) is 19.1 Å². The fourth-order valence-electron chi connectivity index (χ4n) is 6.97. The number of hydrogen-bond acceptors (Lipinski definition) is 5. The summed E-state index contributed by atoms with van der Waals surface area (Å²) in [5.41, 5.74) is 4.51. The lowest BCUT2D eigenvalue weighted by Crippen LogP contribution is -2.33. The molecule has 7 nitrogen and oxygen atoms in total. The first kappa shape index (κ1) is 26.4. The molecule has 3 aromatic carbocycles. The number of anilines is 2. The van der Waals surface area contributed by atoms with Crippen molar-refractivity contribution < 1.29 is 23.9 Å². The van der Waals surface area contributed by atoms with Gasteiger partial charge in [-0.25, -0.2) is 4.79 Å². The fraction of sp³-hybridized carbons (Fsp3) is 0.312. The summed E-state index contributed by atoms with van der Waals surface area (Å²) in [6, 6.07) is 20.2. The second-order valence-electron chi connectivity index (χ2n) is 11.1. The van der Waals surface area contributed by atoms with Crippen LogP contribution in [0.5, 0.6) is 0 Å². The molecule has 1 N–H and O–H groups in total. The minimum atomic E-state index is -0.662. The van der Waals surface area contributed by atoms with Crippen molar-refractivity contribution in [3.8, 4) is 0 Å². The van der Waals surface area contributed by atoms with E-state index in [0.29, 0.717) is 17.3 Å². The van der Waals surface area contributed by atoms with Gasteiger partial charge in [-0.2, -0.15) is 0 Å². The maximum Gasteiger partial charge on any atom is 0.338 e. The minimum absolute atomic E-state index is 0.139. The largest absolute Gasteiger partial charge is 0.452 e. The number of carbonyl (C=O) groups is 4. The zero-order valence-corrected chi connectivity index (χ0v) is 23.8. The van der Waals surface area contributed by atoms with E-state index in [1.54, 1.807) is 12.1 Å². The molecule has 3 fully saturated rings. The number of benzene rings is 3. The molecular formula is C32H29BrN2O5. The average molecular weight is 601 g/mol. The van der Waals surface area contributed by atoms with Gasteiger partial charge >= 0.3 is 5.97 Å². The number of rotatable bonds is 6. The number of nitrogens with one attached hydrogen (secondary N) is 1. The van der Waals surface area contributed by atoms with Crippen LogP contribution < -0.4 is 10.2 Å². The number of imide groups is 1. The van der Waals surface area contributed by atoms with E-state index < -0.39 is 18.5 Å². The monoisotopic (exact) mass is 600 g/mol. The Balaban J connectivity index is 1.09. The fourth-order valence-corrected chi connectivity index (χ4v) is 7.20. The first-order chi connectivity index (χ1) is 19.2. The quantitative estimate of drug-likeness (QED) is 0.285. The molecule has 8 heteroatoms. The van der Waals surface area contributed by atoms with Crippen LogP contribution in [0.1, 0.15) is 45.8 Å². The highest BCUT2D eigenvalue weighted by Crippen LogP contribution is 2.61. The highest BCUT2D eigenvalue weighted by atomic mass is 79.9. The van der Waals surface area contributed by atoms with Crippen molar-refractivity contribution in [1.29, 1.82) is 0 Å². The maximum atomic E-state index is 13.5. The Bertz CT molecular complexity index is 1500. The summed E-state index contributed by atoms with van der Waals surface area (Å²) >= 11 is 3.50. The topological polar surface area (TPSA) is 92.8 Å². The molecule has 1 aliphatic heterocycles. The van der Waals surface area contributed by atoms with Gasteiger partial charge in [-0.3, -0.25) is 19.3 Å². The SMILES string of the molecule is Cc1cc(NC(=O)COC(=O)c2ccc(N3C(=O)[C@@H]4[C@@H]5C[C@@H]([C@H]4C3=O)[C@H](c3ccccc3)C5)cc2)cc(C)c1Br. The summed E-state index contributed by atoms with van der Waals surface area (Å²) in [6.07, 6.45) is 1.85. The van der Waals surface area contributed by atoms with Gasteiger partial charge in [0.25, 0.3) is 5.91 Å². The minimum Gasteiger partial charge on any atom is -0.452 e. The Kier molecular flexibility index (Phi) is 6.82. The van der Waals surface area contributed by atoms with Crippen LogP contribution in [-0.4, -0.2) is 30.3 Å². The van der Waals surface area contributed by atoms with E-state index in [1.807, 2.05) is 44.2 Å². The third-order valence-corrected chi connectivity index (χ3v) is 9.91. The van der Waals surface area contributed by atoms with Crippen molar-refractivity contribution in [2.75, 3.05) is 16.8 Å². The first-order valence-corrected chi connectivity index (χ1v) is 14.3. The highest BCUT2D eigenvalue weighted by molar-refractivity contribution is 9.10. The summed E-state index contributed by atoms with van der Waals surface area (Å²) in [5, 5.41) is 2.74. The van der Waals surface area contributed by atoms with E-state index in [9.17, 15) is 19.2 Å². The number of carbonyl (C=O) groups excluding carboxylic acids is 4. The number of aryl methyl sites for hydroxylation is 2. The number of hydrogen-bond donors (Lipinski definition) is 1. The van der Waals surface area contributed by atoms with Gasteiger partial charge in [0.1, 0.15) is 0 Å². The molecule has 0 unspecified atom stereocenters. The molecule has 3 amide bonds. The average Bonchev–Trinajstić information content (AvgIpc) is 3.62. The molecule has 0 radical (unpaired) electrons. The summed E-state index contributed by atoms with van der Waals surface area (Å²) in [4.78, 5) is 53.2. The van der Waals surface area contributed by atoms with Crippen molar-refractivity contribution in [2.45, 2.75) is 32.6 Å². The van der Waals surface area contributed by atoms with Crippen LogP contribution in [0, 0.1) is 37.5 Å². The molecule has 0 spiro atoms. The van der Waals surface area contributed by atoms with E-state index in [-0.39, 0.29) is 41.0 Å². The van der Waals surface area contributed by atoms with Gasteiger partial charge in [-0.15, -0.1) is 0 Å². The number of amides is 3. The Labute approximate surface area is 241 Å². The van der Waals surface area contributed by atoms with Gasteiger partial charge in [0.15, 0.2) is 6.61 Å². The lowest BCUT2D eigenvalue weighted by Gasteiger charge is -2.28. The van der Waals surface area contributed by atoms with E-state index in [0.717, 1.165) is 28.4 Å². The molecule has 204 valence electrons. The molecule has 0 aromatic heterocycles. The smallest absolute Gasteiger partial charge is 0.338 e. The zero-order chi connectivity index (χ0) is 28.1. The van der Waals surface area contributed by atoms with Crippen LogP contribution in [0.2, 0.25) is 0 Å². The third kappa shape index (κ3) is 4.54. The van der Waals surface area contributed by atoms with Crippen LogP contribution in [0.4, 0.5) is 11.4 Å². The van der Waals surface area contributed by atoms with E-state index in [1.165, 1.54) is 22.6 Å². The van der Waals surface area contributed by atoms with Crippen molar-refractivity contribution in [2.24, 2.45) is 23.7 Å². The number of fused-ring (bicyclic) bond motifs is 5. The number of nitrogens with zero attached hydrogens (tertiary/aromatic N) is 1. The Morgan fingerprint density at radius 2 is 1.57 bits per heavy atom. The molecule has 2 aliphatic carbocycles. The molecule has 2 saturated carbocycles. The first-order valence-electron chi connectivity index (χ1n) is 13.5. The molecule has 3 aliphatic rings. The van der Waals surface area contributed by atoms with Gasteiger partial charge in [0, 0.05) is 10.2 Å². The van der Waals surface area contributed by atoms with E-state index >= 15 is 0 Å². The van der Waals surface area contributed by atoms with Gasteiger partial charge in [-0.05, 0) is 97.5 Å². The molecule has 6 rings (SSSR count). The van der Waals surface area contributed by atoms with Gasteiger partial charge in [-0.1, -0.05) is 46.3 Å². The molecule has 3 aromatic rings. The van der Waals surface area contributed by atoms with Crippen molar-refractivity contribution in [3.63, 3.8) is 0 Å². The van der Waals surface area contributed by atoms with Crippen LogP contribution in [0.3, 0.4) is 0 Å². The van der Waals surface area contributed by atoms with E-state index in [4.69, 9.17) is 4.74 Å². The van der Waals surface area contributed by atoms with Gasteiger partial charge in [0.2, 0.25) is 11.8 Å². The summed E-state index contributed by atoms with van der Waals surface area (Å²) < 4.78 is 6.17. The van der Waals surface area contributed by atoms with Crippen molar-refractivity contribution in [3.05, 3.63) is 93.5 Å². The molecule has 5 atom stereocenters. The summed E-state index contributed by atoms with van der Waals surface area (Å²) in [6.45, 7) is 3.42. The molecule has 1 heterocycles. The van der Waals surface area contributed by atoms with Gasteiger partial charge in [0.05, 0.1) is 23.1 Å². The number of ether oxygens (including phenoxy) is 1. The summed E-state index contributed by atoms with van der Waals surface area (Å²) in [5.74, 6) is -1.27. The standard InChI is InChI=1S/C32H29BrN2O5/c1-17-12-22(13-18(2)29(17)33)34-26(36)16-40-32(39)20-8-10-23(11-9-20)35-30(37)27-21-14-24(19-6-4-3-5-7-19)25(15-21)28(27)31(35)38/h3-13,21,24-25,27-28H,14-16H2,1-2H3,(H,34,36)/t21-,24-,25+,27+,28+/m0/s1. The van der Waals surface area contributed by atoms with Crippen molar-refractivity contribution in [1.82, 2.24) is 0 Å². The second-order valence-corrected chi connectivity index (χ2v) is 11.9. The van der Waals surface area contributed by atoms with Crippen LogP contribution in [0.25, 0.3) is 0 Å². The highest BCUT2D eigenvalue weighted by Gasteiger charge is 2.64. The Hall–Kier alpha value is -3.78.